The van der Waals surface area contributed by atoms with Gasteiger partial charge in [-0.3, -0.25) is 0 Å². The van der Waals surface area contributed by atoms with Crippen molar-refractivity contribution in [3.63, 3.8) is 0 Å². The van der Waals surface area contributed by atoms with Gasteiger partial charge in [0, 0.05) is 19.1 Å². The Labute approximate surface area is 133 Å². The Morgan fingerprint density at radius 3 is 2.64 bits per heavy atom. The van der Waals surface area contributed by atoms with Crippen LogP contribution in [0.25, 0.3) is 0 Å². The van der Waals surface area contributed by atoms with Crippen molar-refractivity contribution in [3.8, 4) is 5.75 Å². The topological polar surface area (TPSA) is 72.6 Å². The van der Waals surface area contributed by atoms with Gasteiger partial charge in [-0.15, -0.1) is 0 Å². The Kier molecular flexibility index (Phi) is 5.14. The van der Waals surface area contributed by atoms with Crippen molar-refractivity contribution in [2.24, 2.45) is 5.73 Å². The number of methoxy groups -OCH3 is 1. The number of hydrogen-bond donors (Lipinski definition) is 1. The van der Waals surface area contributed by atoms with Gasteiger partial charge >= 0.3 is 0 Å². The monoisotopic (exact) mass is 326 g/mol. The Bertz CT molecular complexity index is 641. The van der Waals surface area contributed by atoms with Crippen LogP contribution in [0.1, 0.15) is 43.7 Å². The molecule has 1 aromatic rings. The molecule has 1 heterocycles. The fraction of sp³-hybridized carbons (Fsp3) is 0.625. The summed E-state index contributed by atoms with van der Waals surface area (Å²) >= 11 is 0. The van der Waals surface area contributed by atoms with Gasteiger partial charge in [0.25, 0.3) is 0 Å². The number of nitrogens with two attached hydrogens (primary N) is 1. The van der Waals surface area contributed by atoms with Crippen molar-refractivity contribution in [3.05, 3.63) is 23.3 Å². The molecule has 0 spiro atoms. The maximum atomic E-state index is 13.0. The van der Waals surface area contributed by atoms with Crippen molar-refractivity contribution < 1.29 is 13.2 Å². The molecule has 2 N–H and O–H groups in total. The largest absolute Gasteiger partial charge is 0.496 e. The normalized spacial score (nSPS) is 19.8. The molecule has 1 saturated heterocycles. The molecule has 1 aliphatic heterocycles. The fourth-order valence-corrected chi connectivity index (χ4v) is 5.02. The third-order valence-electron chi connectivity index (χ3n) is 4.33. The van der Waals surface area contributed by atoms with Crippen molar-refractivity contribution in [1.82, 2.24) is 4.31 Å². The number of rotatable bonds is 5. The highest BCUT2D eigenvalue weighted by Crippen LogP contribution is 2.34. The highest BCUT2D eigenvalue weighted by Gasteiger charge is 2.35. The Morgan fingerprint density at radius 1 is 1.41 bits per heavy atom. The van der Waals surface area contributed by atoms with Gasteiger partial charge in [-0.25, -0.2) is 8.42 Å². The summed E-state index contributed by atoms with van der Waals surface area (Å²) in [6, 6.07) is 3.49. The van der Waals surface area contributed by atoms with Crippen molar-refractivity contribution in [1.29, 1.82) is 0 Å². The molecule has 6 heteroatoms. The van der Waals surface area contributed by atoms with Gasteiger partial charge in [-0.05, 0) is 48.9 Å². The van der Waals surface area contributed by atoms with E-state index in [9.17, 15) is 8.42 Å². The van der Waals surface area contributed by atoms with Crippen molar-refractivity contribution >= 4 is 10.0 Å². The van der Waals surface area contributed by atoms with Crippen LogP contribution in [0.5, 0.6) is 5.75 Å². The summed E-state index contributed by atoms with van der Waals surface area (Å²) in [5.74, 6) is 0.927. The molecule has 0 amide bonds. The van der Waals surface area contributed by atoms with Crippen LogP contribution >= 0.6 is 0 Å². The molecule has 0 aromatic heterocycles. The third kappa shape index (κ3) is 3.00. The summed E-state index contributed by atoms with van der Waals surface area (Å²) in [5.41, 5.74) is 7.36. The van der Waals surface area contributed by atoms with Crippen LogP contribution in [0, 0.1) is 6.92 Å². The van der Waals surface area contributed by atoms with Crippen LogP contribution in [-0.4, -0.2) is 39.0 Å². The maximum absolute atomic E-state index is 13.0. The molecule has 1 fully saturated rings. The number of ether oxygens (including phenoxy) is 1. The average Bonchev–Trinajstić information content (AvgIpc) is 2.95. The molecule has 22 heavy (non-hydrogen) atoms. The van der Waals surface area contributed by atoms with Crippen molar-refractivity contribution in [2.45, 2.75) is 50.5 Å². The molecule has 124 valence electrons. The van der Waals surface area contributed by atoms with E-state index in [0.717, 1.165) is 24.2 Å². The SMILES string of the molecule is COc1cc(C)c(S(=O)(=O)N2CCCC2CN)cc1C(C)C. The molecule has 0 radical (unpaired) electrons. The highest BCUT2D eigenvalue weighted by atomic mass is 32.2. The molecule has 1 aromatic carbocycles. The lowest BCUT2D eigenvalue weighted by Gasteiger charge is -2.25. The Hall–Kier alpha value is -1.11. The van der Waals surface area contributed by atoms with E-state index < -0.39 is 10.0 Å². The van der Waals surface area contributed by atoms with Gasteiger partial charge in [-0.2, -0.15) is 4.31 Å². The average molecular weight is 326 g/mol. The number of hydrogen-bond acceptors (Lipinski definition) is 4. The van der Waals surface area contributed by atoms with Crippen LogP contribution < -0.4 is 10.5 Å². The highest BCUT2D eigenvalue weighted by molar-refractivity contribution is 7.89. The summed E-state index contributed by atoms with van der Waals surface area (Å²) in [6.07, 6.45) is 1.70. The molecule has 5 nitrogen and oxygen atoms in total. The minimum atomic E-state index is -3.51. The fourth-order valence-electron chi connectivity index (χ4n) is 3.07. The lowest BCUT2D eigenvalue weighted by Crippen LogP contribution is -2.40. The second-order valence-corrected chi connectivity index (χ2v) is 8.02. The van der Waals surface area contributed by atoms with Crippen LogP contribution in [0.15, 0.2) is 17.0 Å². The Balaban J connectivity index is 2.53. The van der Waals surface area contributed by atoms with E-state index in [1.165, 1.54) is 0 Å². The predicted molar refractivity (Wildman–Crippen MR) is 87.8 cm³/mol. The quantitative estimate of drug-likeness (QED) is 0.900. The molecule has 2 rings (SSSR count). The summed E-state index contributed by atoms with van der Waals surface area (Å²) in [6.45, 7) is 6.79. The van der Waals surface area contributed by atoms with Crippen LogP contribution in [0.4, 0.5) is 0 Å². The molecule has 0 aliphatic carbocycles. The molecule has 1 unspecified atom stereocenters. The van der Waals surface area contributed by atoms with E-state index in [2.05, 4.69) is 0 Å². The van der Waals surface area contributed by atoms with Gasteiger partial charge < -0.3 is 10.5 Å². The first-order chi connectivity index (χ1) is 10.3. The third-order valence-corrected chi connectivity index (χ3v) is 6.42. The first-order valence-corrected chi connectivity index (χ1v) is 9.17. The zero-order valence-electron chi connectivity index (χ0n) is 13.8. The number of nitrogens with zero attached hydrogens (tertiary/aromatic N) is 1. The molecule has 0 saturated carbocycles. The van der Waals surface area contributed by atoms with E-state index in [4.69, 9.17) is 10.5 Å². The van der Waals surface area contributed by atoms with Crippen LogP contribution in [0.3, 0.4) is 0 Å². The first-order valence-electron chi connectivity index (χ1n) is 7.73. The number of sulfonamides is 1. The zero-order chi connectivity index (χ0) is 16.5. The summed E-state index contributed by atoms with van der Waals surface area (Å²) in [4.78, 5) is 0.373. The summed E-state index contributed by atoms with van der Waals surface area (Å²) in [5, 5.41) is 0. The lowest BCUT2D eigenvalue weighted by atomic mass is 10.0. The van der Waals surface area contributed by atoms with E-state index in [-0.39, 0.29) is 12.0 Å². The molecular weight excluding hydrogens is 300 g/mol. The standard InChI is InChI=1S/C16H26N2O3S/c1-11(2)14-9-16(12(3)8-15(14)21-4)22(19,20)18-7-5-6-13(18)10-17/h8-9,11,13H,5-7,10,17H2,1-4H3. The van der Waals surface area contributed by atoms with Gasteiger partial charge in [0.05, 0.1) is 12.0 Å². The van der Waals surface area contributed by atoms with Gasteiger partial charge in [0.2, 0.25) is 10.0 Å². The van der Waals surface area contributed by atoms with Gasteiger partial charge in [0.15, 0.2) is 0 Å². The molecular formula is C16H26N2O3S. The zero-order valence-corrected chi connectivity index (χ0v) is 14.6. The van der Waals surface area contributed by atoms with Crippen LogP contribution in [0.2, 0.25) is 0 Å². The molecule has 1 atom stereocenters. The smallest absolute Gasteiger partial charge is 0.243 e. The second kappa shape index (κ2) is 6.56. The predicted octanol–water partition coefficient (Wildman–Crippen LogP) is 2.24. The van der Waals surface area contributed by atoms with Crippen LogP contribution in [-0.2, 0) is 10.0 Å². The Morgan fingerprint density at radius 2 is 2.09 bits per heavy atom. The van der Waals surface area contributed by atoms with Gasteiger partial charge in [0.1, 0.15) is 5.75 Å². The first kappa shape index (κ1) is 17.2. The minimum Gasteiger partial charge on any atom is -0.496 e. The van der Waals surface area contributed by atoms with E-state index in [1.54, 1.807) is 17.5 Å². The lowest BCUT2D eigenvalue weighted by molar-refractivity contribution is 0.391. The van der Waals surface area contributed by atoms with Crippen molar-refractivity contribution in [2.75, 3.05) is 20.2 Å². The van der Waals surface area contributed by atoms with E-state index in [1.807, 2.05) is 26.8 Å². The minimum absolute atomic E-state index is 0.0889. The summed E-state index contributed by atoms with van der Waals surface area (Å²) < 4.78 is 33.0. The summed E-state index contributed by atoms with van der Waals surface area (Å²) in [7, 11) is -1.90. The van der Waals surface area contributed by atoms with E-state index >= 15 is 0 Å². The maximum Gasteiger partial charge on any atom is 0.243 e. The molecule has 0 bridgehead atoms. The van der Waals surface area contributed by atoms with Gasteiger partial charge in [-0.1, -0.05) is 13.8 Å². The molecule has 1 aliphatic rings. The number of aryl methyl sites for hydroxylation is 1. The second-order valence-electron chi connectivity index (χ2n) is 6.16. The van der Waals surface area contributed by atoms with E-state index in [0.29, 0.717) is 23.5 Å². The number of benzene rings is 1.